The highest BCUT2D eigenvalue weighted by atomic mass is 16.1. The molecule has 1 aliphatic rings. The molecule has 0 saturated heterocycles. The van der Waals surface area contributed by atoms with Crippen molar-refractivity contribution in [2.24, 2.45) is 0 Å². The molecule has 0 fully saturated rings. The highest BCUT2D eigenvalue weighted by Crippen LogP contribution is 2.28. The van der Waals surface area contributed by atoms with Crippen molar-refractivity contribution >= 4 is 16.8 Å². The molecule has 1 unspecified atom stereocenters. The molecule has 3 nitrogen and oxygen atoms in total. The van der Waals surface area contributed by atoms with Crippen molar-refractivity contribution in [1.82, 2.24) is 10.3 Å². The molecule has 2 aromatic rings. The number of para-hydroxylation sites is 1. The summed E-state index contributed by atoms with van der Waals surface area (Å²) in [4.78, 5) is 14.6. The van der Waals surface area contributed by atoms with Gasteiger partial charge in [-0.2, -0.15) is 0 Å². The van der Waals surface area contributed by atoms with Crippen LogP contribution in [0.3, 0.4) is 0 Å². The topological polar surface area (TPSA) is 44.9 Å². The van der Waals surface area contributed by atoms with Gasteiger partial charge in [0.2, 0.25) is 5.91 Å². The summed E-state index contributed by atoms with van der Waals surface area (Å²) >= 11 is 0. The number of rotatable bonds is 1. The van der Waals surface area contributed by atoms with Crippen LogP contribution in [-0.2, 0) is 17.6 Å². The van der Waals surface area contributed by atoms with Crippen LogP contribution < -0.4 is 5.32 Å². The van der Waals surface area contributed by atoms with Gasteiger partial charge in [0.05, 0.1) is 0 Å². The Balaban J connectivity index is 1.97. The lowest BCUT2D eigenvalue weighted by molar-refractivity contribution is -0.119. The molecule has 1 heterocycles. The zero-order valence-corrected chi connectivity index (χ0v) is 9.92. The summed E-state index contributed by atoms with van der Waals surface area (Å²) in [5.41, 5.74) is 3.93. The molecule has 0 bridgehead atoms. The molecule has 1 atom stereocenters. The summed E-state index contributed by atoms with van der Waals surface area (Å²) in [6, 6.07) is 8.68. The lowest BCUT2D eigenvalue weighted by Gasteiger charge is -2.22. The standard InChI is InChI=1S/C14H16N2O/c1-9(17)15-10-6-7-14-12(8-10)11-4-2-3-5-13(11)16-14/h2-5,10,16H,6-8H2,1H3,(H,15,17). The number of aromatic amines is 1. The maximum Gasteiger partial charge on any atom is 0.217 e. The van der Waals surface area contributed by atoms with E-state index in [-0.39, 0.29) is 5.91 Å². The van der Waals surface area contributed by atoms with E-state index < -0.39 is 0 Å². The zero-order chi connectivity index (χ0) is 11.8. The largest absolute Gasteiger partial charge is 0.358 e. The molecule has 1 aliphatic carbocycles. The van der Waals surface area contributed by atoms with Crippen molar-refractivity contribution in [2.75, 3.05) is 0 Å². The molecule has 3 heteroatoms. The second-order valence-corrected chi connectivity index (χ2v) is 4.77. The summed E-state index contributed by atoms with van der Waals surface area (Å²) in [6.45, 7) is 1.59. The van der Waals surface area contributed by atoms with Crippen LogP contribution in [0.4, 0.5) is 0 Å². The van der Waals surface area contributed by atoms with Crippen LogP contribution in [-0.4, -0.2) is 16.9 Å². The first-order valence-electron chi connectivity index (χ1n) is 6.09. The number of aryl methyl sites for hydroxylation is 1. The maximum absolute atomic E-state index is 11.1. The van der Waals surface area contributed by atoms with Crippen LogP contribution in [0.1, 0.15) is 24.6 Å². The van der Waals surface area contributed by atoms with Crippen LogP contribution in [0.2, 0.25) is 0 Å². The number of hydrogen-bond acceptors (Lipinski definition) is 1. The first-order chi connectivity index (χ1) is 8.24. The fourth-order valence-corrected chi connectivity index (χ4v) is 2.78. The number of benzene rings is 1. The second-order valence-electron chi connectivity index (χ2n) is 4.77. The quantitative estimate of drug-likeness (QED) is 0.772. The number of aromatic nitrogens is 1. The highest BCUT2D eigenvalue weighted by molar-refractivity contribution is 5.85. The smallest absolute Gasteiger partial charge is 0.217 e. The maximum atomic E-state index is 11.1. The van der Waals surface area contributed by atoms with Crippen LogP contribution in [0, 0.1) is 0 Å². The molecular weight excluding hydrogens is 212 g/mol. The van der Waals surface area contributed by atoms with Gasteiger partial charge in [-0.3, -0.25) is 4.79 Å². The molecule has 0 saturated carbocycles. The third-order valence-corrected chi connectivity index (χ3v) is 3.50. The zero-order valence-electron chi connectivity index (χ0n) is 9.92. The van der Waals surface area contributed by atoms with E-state index in [2.05, 4.69) is 34.6 Å². The molecule has 0 spiro atoms. The fraction of sp³-hybridized carbons (Fsp3) is 0.357. The van der Waals surface area contributed by atoms with Crippen molar-refractivity contribution < 1.29 is 4.79 Å². The van der Waals surface area contributed by atoms with Crippen molar-refractivity contribution in [3.05, 3.63) is 35.5 Å². The van der Waals surface area contributed by atoms with Gasteiger partial charge >= 0.3 is 0 Å². The van der Waals surface area contributed by atoms with Crippen LogP contribution in [0.5, 0.6) is 0 Å². The van der Waals surface area contributed by atoms with Gasteiger partial charge in [-0.15, -0.1) is 0 Å². The summed E-state index contributed by atoms with van der Waals surface area (Å²) in [5, 5.41) is 4.33. The molecule has 3 rings (SSSR count). The van der Waals surface area contributed by atoms with Gasteiger partial charge < -0.3 is 10.3 Å². The second kappa shape index (κ2) is 3.91. The molecule has 1 aromatic heterocycles. The Morgan fingerprint density at radius 1 is 1.41 bits per heavy atom. The molecule has 1 aromatic carbocycles. The monoisotopic (exact) mass is 228 g/mol. The van der Waals surface area contributed by atoms with E-state index in [4.69, 9.17) is 0 Å². The first-order valence-corrected chi connectivity index (χ1v) is 6.09. The number of carbonyl (C=O) groups excluding carboxylic acids is 1. The predicted molar refractivity (Wildman–Crippen MR) is 67.9 cm³/mol. The van der Waals surface area contributed by atoms with E-state index in [0.29, 0.717) is 6.04 Å². The minimum absolute atomic E-state index is 0.0679. The van der Waals surface area contributed by atoms with Gasteiger partial charge in [0.1, 0.15) is 0 Å². The Hall–Kier alpha value is -1.77. The lowest BCUT2D eigenvalue weighted by Crippen LogP contribution is -2.37. The molecule has 2 N–H and O–H groups in total. The average Bonchev–Trinajstić information content (AvgIpc) is 2.66. The van der Waals surface area contributed by atoms with Crippen LogP contribution >= 0.6 is 0 Å². The molecule has 0 aliphatic heterocycles. The molecule has 17 heavy (non-hydrogen) atoms. The molecule has 0 radical (unpaired) electrons. The van der Waals surface area contributed by atoms with Crippen molar-refractivity contribution in [3.63, 3.8) is 0 Å². The number of carbonyl (C=O) groups is 1. The third kappa shape index (κ3) is 1.82. The Bertz CT molecular complexity index is 571. The third-order valence-electron chi connectivity index (χ3n) is 3.50. The van der Waals surface area contributed by atoms with Gasteiger partial charge in [-0.05, 0) is 30.9 Å². The molecule has 88 valence electrons. The fourth-order valence-electron chi connectivity index (χ4n) is 2.78. The highest BCUT2D eigenvalue weighted by Gasteiger charge is 2.22. The van der Waals surface area contributed by atoms with E-state index in [1.54, 1.807) is 6.92 Å². The Labute approximate surface area is 100 Å². The summed E-state index contributed by atoms with van der Waals surface area (Å²) in [7, 11) is 0. The van der Waals surface area contributed by atoms with Crippen LogP contribution in [0.25, 0.3) is 10.9 Å². The summed E-state index contributed by atoms with van der Waals surface area (Å²) < 4.78 is 0. The SMILES string of the molecule is CC(=O)NC1CCc2[nH]c3ccccc3c2C1. The number of hydrogen-bond donors (Lipinski definition) is 2. The van der Waals surface area contributed by atoms with Crippen molar-refractivity contribution in [2.45, 2.75) is 32.2 Å². The van der Waals surface area contributed by atoms with E-state index in [0.717, 1.165) is 19.3 Å². The van der Waals surface area contributed by atoms with E-state index in [1.165, 1.54) is 22.2 Å². The van der Waals surface area contributed by atoms with Gasteiger partial charge in [-0.25, -0.2) is 0 Å². The van der Waals surface area contributed by atoms with Crippen LogP contribution in [0.15, 0.2) is 24.3 Å². The Morgan fingerprint density at radius 3 is 3.06 bits per heavy atom. The average molecular weight is 228 g/mol. The number of fused-ring (bicyclic) bond motifs is 3. The van der Waals surface area contributed by atoms with Gasteiger partial charge in [-0.1, -0.05) is 18.2 Å². The predicted octanol–water partition coefficient (Wildman–Crippen LogP) is 2.16. The lowest BCUT2D eigenvalue weighted by atomic mass is 9.91. The summed E-state index contributed by atoms with van der Waals surface area (Å²) in [5.74, 6) is 0.0679. The minimum Gasteiger partial charge on any atom is -0.358 e. The number of amides is 1. The van der Waals surface area contributed by atoms with E-state index in [1.807, 2.05) is 0 Å². The van der Waals surface area contributed by atoms with E-state index in [9.17, 15) is 4.79 Å². The van der Waals surface area contributed by atoms with Crippen molar-refractivity contribution in [1.29, 1.82) is 0 Å². The molecule has 1 amide bonds. The number of H-pyrrole nitrogens is 1. The molecular formula is C14H16N2O. The van der Waals surface area contributed by atoms with Gasteiger partial charge in [0, 0.05) is 29.6 Å². The van der Waals surface area contributed by atoms with E-state index >= 15 is 0 Å². The first kappa shape index (κ1) is 10.4. The van der Waals surface area contributed by atoms with Crippen molar-refractivity contribution in [3.8, 4) is 0 Å². The summed E-state index contributed by atoms with van der Waals surface area (Å²) in [6.07, 6.45) is 2.99. The Morgan fingerprint density at radius 2 is 2.24 bits per heavy atom. The minimum atomic E-state index is 0.0679. The normalized spacial score (nSPS) is 19.0. The van der Waals surface area contributed by atoms with Gasteiger partial charge in [0.15, 0.2) is 0 Å². The number of nitrogens with one attached hydrogen (secondary N) is 2. The van der Waals surface area contributed by atoms with Gasteiger partial charge in [0.25, 0.3) is 0 Å². The Kier molecular flexibility index (Phi) is 2.39.